The Morgan fingerprint density at radius 1 is 1.29 bits per heavy atom. The Morgan fingerprint density at radius 2 is 2.05 bits per heavy atom. The maximum Gasteiger partial charge on any atom is 0.131 e. The van der Waals surface area contributed by atoms with Crippen LogP contribution in [0, 0.1) is 0 Å². The van der Waals surface area contributed by atoms with Crippen LogP contribution in [0.1, 0.15) is 50.0 Å². The molecule has 0 spiro atoms. The highest BCUT2D eigenvalue weighted by atomic mass is 35.5. The van der Waals surface area contributed by atoms with Crippen molar-refractivity contribution in [3.05, 3.63) is 40.1 Å². The molecule has 0 N–H and O–H groups in total. The van der Waals surface area contributed by atoms with Gasteiger partial charge >= 0.3 is 0 Å². The molecule has 3 nitrogen and oxygen atoms in total. The Morgan fingerprint density at radius 3 is 2.57 bits per heavy atom. The van der Waals surface area contributed by atoms with Crippen LogP contribution in [0.4, 0.5) is 5.69 Å². The highest BCUT2D eigenvalue weighted by molar-refractivity contribution is 7.09. The van der Waals surface area contributed by atoms with Crippen LogP contribution in [0.5, 0.6) is 0 Å². The fourth-order valence-electron chi connectivity index (χ4n) is 2.16. The van der Waals surface area contributed by atoms with Crippen molar-refractivity contribution in [1.82, 2.24) is 9.97 Å². The van der Waals surface area contributed by atoms with Crippen molar-refractivity contribution < 1.29 is 0 Å². The topological polar surface area (TPSA) is 29.0 Å². The molecule has 0 radical (unpaired) electrons. The van der Waals surface area contributed by atoms with E-state index in [4.69, 9.17) is 11.6 Å². The minimum absolute atomic E-state index is 0.311. The molecule has 0 fully saturated rings. The van der Waals surface area contributed by atoms with E-state index in [0.29, 0.717) is 17.8 Å². The van der Waals surface area contributed by atoms with Crippen molar-refractivity contribution in [3.63, 3.8) is 0 Å². The molecule has 0 aliphatic heterocycles. The summed E-state index contributed by atoms with van der Waals surface area (Å²) in [7, 11) is 0. The van der Waals surface area contributed by atoms with Crippen LogP contribution in [-0.2, 0) is 12.4 Å². The maximum absolute atomic E-state index is 6.13. The Kier molecular flexibility index (Phi) is 5.59. The second-order valence-electron chi connectivity index (χ2n) is 5.65. The van der Waals surface area contributed by atoms with Gasteiger partial charge in [-0.1, -0.05) is 19.9 Å². The number of rotatable bonds is 6. The van der Waals surface area contributed by atoms with Gasteiger partial charge in [0, 0.05) is 16.8 Å². The highest BCUT2D eigenvalue weighted by Gasteiger charge is 2.18. The zero-order valence-corrected chi connectivity index (χ0v) is 14.6. The van der Waals surface area contributed by atoms with E-state index in [9.17, 15) is 0 Å². The fraction of sp³-hybridized carbons (Fsp3) is 0.500. The highest BCUT2D eigenvalue weighted by Crippen LogP contribution is 2.26. The summed E-state index contributed by atoms with van der Waals surface area (Å²) in [6.07, 6.45) is 1.92. The lowest BCUT2D eigenvalue weighted by atomic mass is 10.2. The molecule has 114 valence electrons. The molecule has 0 atom stereocenters. The summed E-state index contributed by atoms with van der Waals surface area (Å²) in [5, 5.41) is 2.11. The molecule has 2 heterocycles. The molecule has 2 rings (SSSR count). The van der Waals surface area contributed by atoms with Gasteiger partial charge in [-0.2, -0.15) is 0 Å². The van der Waals surface area contributed by atoms with E-state index in [1.54, 1.807) is 11.3 Å². The molecule has 5 heteroatoms. The molecule has 0 amide bonds. The van der Waals surface area contributed by atoms with E-state index in [1.165, 1.54) is 4.88 Å². The second kappa shape index (κ2) is 7.23. The third-order valence-electron chi connectivity index (χ3n) is 3.35. The number of halogens is 1. The number of alkyl halides is 1. The van der Waals surface area contributed by atoms with Gasteiger partial charge < -0.3 is 4.90 Å². The Labute approximate surface area is 136 Å². The Balaban J connectivity index is 2.35. The fourth-order valence-corrected chi connectivity index (χ4v) is 3.06. The minimum Gasteiger partial charge on any atom is -0.361 e. The molecule has 0 saturated carbocycles. The molecule has 0 saturated heterocycles. The predicted molar refractivity (Wildman–Crippen MR) is 91.3 cm³/mol. The van der Waals surface area contributed by atoms with Gasteiger partial charge in [0.25, 0.3) is 0 Å². The predicted octanol–water partition coefficient (Wildman–Crippen LogP) is 4.82. The zero-order chi connectivity index (χ0) is 15.4. The largest absolute Gasteiger partial charge is 0.361 e. The molecule has 0 aliphatic carbocycles. The Hall–Kier alpha value is -1.13. The van der Waals surface area contributed by atoms with Gasteiger partial charge in [0.15, 0.2) is 0 Å². The number of aromatic nitrogens is 2. The summed E-state index contributed by atoms with van der Waals surface area (Å²) in [5.74, 6) is 1.57. The maximum atomic E-state index is 6.13. The van der Waals surface area contributed by atoms with Crippen molar-refractivity contribution >= 4 is 28.6 Å². The van der Waals surface area contributed by atoms with Crippen molar-refractivity contribution in [3.8, 4) is 0 Å². The third-order valence-corrected chi connectivity index (χ3v) is 4.46. The van der Waals surface area contributed by atoms with Crippen LogP contribution < -0.4 is 4.90 Å². The van der Waals surface area contributed by atoms with Crippen molar-refractivity contribution in [1.29, 1.82) is 0 Å². The van der Waals surface area contributed by atoms with E-state index >= 15 is 0 Å². The van der Waals surface area contributed by atoms with Crippen LogP contribution in [-0.4, -0.2) is 16.0 Å². The molecule has 2 aromatic rings. The van der Waals surface area contributed by atoms with Crippen molar-refractivity contribution in [2.75, 3.05) is 4.90 Å². The van der Waals surface area contributed by atoms with Gasteiger partial charge in [0.2, 0.25) is 0 Å². The lowest BCUT2D eigenvalue weighted by Gasteiger charge is -2.29. The van der Waals surface area contributed by atoms with E-state index < -0.39 is 0 Å². The summed E-state index contributed by atoms with van der Waals surface area (Å²) in [5.41, 5.74) is 1.96. The first-order valence-corrected chi connectivity index (χ1v) is 8.65. The van der Waals surface area contributed by atoms with E-state index in [-0.39, 0.29) is 0 Å². The summed E-state index contributed by atoms with van der Waals surface area (Å²) in [6.45, 7) is 9.42. The number of thiophene rings is 1. The van der Waals surface area contributed by atoms with Gasteiger partial charge in [-0.25, -0.2) is 9.97 Å². The van der Waals surface area contributed by atoms with E-state index in [2.05, 4.69) is 60.1 Å². The lowest BCUT2D eigenvalue weighted by Crippen LogP contribution is -2.31. The molecular weight excluding hydrogens is 302 g/mol. The van der Waals surface area contributed by atoms with Crippen LogP contribution in [0.25, 0.3) is 0 Å². The SMILES string of the molecule is CC(C)c1ncc(N(Cc2cccs2)C(C)C)c(CCl)n1. The normalized spacial score (nSPS) is 11.4. The second-order valence-corrected chi connectivity index (χ2v) is 6.95. The monoisotopic (exact) mass is 323 g/mol. The number of hydrogen-bond acceptors (Lipinski definition) is 4. The Bertz CT molecular complexity index is 567. The van der Waals surface area contributed by atoms with Gasteiger partial charge in [-0.15, -0.1) is 22.9 Å². The van der Waals surface area contributed by atoms with Crippen LogP contribution in [0.15, 0.2) is 23.7 Å². The average Bonchev–Trinajstić information content (AvgIpc) is 2.96. The molecule has 0 aromatic carbocycles. The van der Waals surface area contributed by atoms with Crippen LogP contribution in [0.3, 0.4) is 0 Å². The first-order chi connectivity index (χ1) is 10.0. The van der Waals surface area contributed by atoms with Crippen LogP contribution >= 0.6 is 22.9 Å². The molecule has 2 aromatic heterocycles. The standard InChI is InChI=1S/C16H22ClN3S/c1-11(2)16-18-9-15(14(8-17)19-16)20(12(3)4)10-13-6-5-7-21-13/h5-7,9,11-12H,8,10H2,1-4H3. The number of anilines is 1. The number of nitrogens with zero attached hydrogens (tertiary/aromatic N) is 3. The molecule has 0 bridgehead atoms. The van der Waals surface area contributed by atoms with E-state index in [0.717, 1.165) is 23.8 Å². The summed E-state index contributed by atoms with van der Waals surface area (Å²) < 4.78 is 0. The lowest BCUT2D eigenvalue weighted by molar-refractivity contribution is 0.673. The minimum atomic E-state index is 0.311. The van der Waals surface area contributed by atoms with Gasteiger partial charge in [0.05, 0.1) is 30.0 Å². The molecule has 21 heavy (non-hydrogen) atoms. The quantitative estimate of drug-likeness (QED) is 0.714. The van der Waals surface area contributed by atoms with E-state index in [1.807, 2.05) is 6.20 Å². The van der Waals surface area contributed by atoms with Crippen molar-refractivity contribution in [2.45, 2.75) is 52.1 Å². The zero-order valence-electron chi connectivity index (χ0n) is 13.0. The third kappa shape index (κ3) is 3.95. The first-order valence-electron chi connectivity index (χ1n) is 7.23. The first kappa shape index (κ1) is 16.2. The van der Waals surface area contributed by atoms with Gasteiger partial charge in [0.1, 0.15) is 5.82 Å². The molecular formula is C16H22ClN3S. The van der Waals surface area contributed by atoms with Crippen LogP contribution in [0.2, 0.25) is 0 Å². The summed E-state index contributed by atoms with van der Waals surface area (Å²) in [4.78, 5) is 12.8. The molecule has 0 unspecified atom stereocenters. The van der Waals surface area contributed by atoms with Crippen molar-refractivity contribution in [2.24, 2.45) is 0 Å². The molecule has 0 aliphatic rings. The smallest absolute Gasteiger partial charge is 0.131 e. The van der Waals surface area contributed by atoms with Gasteiger partial charge in [-0.05, 0) is 25.3 Å². The van der Waals surface area contributed by atoms with Gasteiger partial charge in [-0.3, -0.25) is 0 Å². The number of hydrogen-bond donors (Lipinski definition) is 0. The average molecular weight is 324 g/mol. The summed E-state index contributed by atoms with van der Waals surface area (Å²) >= 11 is 7.89. The summed E-state index contributed by atoms with van der Waals surface area (Å²) in [6, 6.07) is 4.60.